The van der Waals surface area contributed by atoms with Crippen molar-refractivity contribution in [2.24, 2.45) is 0 Å². The summed E-state index contributed by atoms with van der Waals surface area (Å²) in [4.78, 5) is 82.5. The first-order valence-corrected chi connectivity index (χ1v) is 18.9. The highest BCUT2D eigenvalue weighted by Crippen LogP contribution is 2.53. The molecule has 2 saturated heterocycles. The number of carbonyl (C=O) groups is 2. The number of benzene rings is 1. The number of carbonyl (C=O) groups excluding carboxylic acids is 2. The molecule has 1 aromatic carbocycles. The highest BCUT2D eigenvalue weighted by atomic mass is 31.2. The van der Waals surface area contributed by atoms with Gasteiger partial charge in [0, 0.05) is 36.4 Å². The van der Waals surface area contributed by atoms with E-state index >= 15 is 0 Å². The second-order valence-corrected chi connectivity index (χ2v) is 14.9. The van der Waals surface area contributed by atoms with E-state index in [4.69, 9.17) is 39.1 Å². The molecule has 7 unspecified atom stereocenters. The third kappa shape index (κ3) is 9.86. The number of aliphatic hydroxyl groups is 1. The van der Waals surface area contributed by atoms with Crippen LogP contribution < -0.4 is 22.5 Å². The number of phosphoric ester groups is 1. The second kappa shape index (κ2) is 17.9. The zero-order valence-electron chi connectivity index (χ0n) is 31.2. The molecule has 2 aliphatic rings. The summed E-state index contributed by atoms with van der Waals surface area (Å²) in [6, 6.07) is 3.27. The average Bonchev–Trinajstić information content (AvgIpc) is 3.74. The summed E-state index contributed by atoms with van der Waals surface area (Å²) in [5.41, 5.74) is 0.484. The molecule has 3 aromatic rings. The number of aliphatic hydroxyl groups excluding tert-OH is 1. The maximum atomic E-state index is 14.1. The first kappa shape index (κ1) is 42.1. The van der Waals surface area contributed by atoms with Crippen LogP contribution in [0.5, 0.6) is 0 Å². The Balaban J connectivity index is 1.34. The van der Waals surface area contributed by atoms with Crippen molar-refractivity contribution in [1.82, 2.24) is 19.1 Å². The number of H-pyrrole nitrogens is 2. The van der Waals surface area contributed by atoms with Gasteiger partial charge in [-0.25, -0.2) is 30.3 Å². The molecular formula is C35H42N5O15P. The van der Waals surface area contributed by atoms with Gasteiger partial charge in [0.1, 0.15) is 43.5 Å². The van der Waals surface area contributed by atoms with E-state index in [0.717, 1.165) is 25.8 Å². The van der Waals surface area contributed by atoms with Crippen molar-refractivity contribution in [2.75, 3.05) is 33.0 Å². The van der Waals surface area contributed by atoms with Crippen LogP contribution in [0.2, 0.25) is 0 Å². The van der Waals surface area contributed by atoms with Gasteiger partial charge in [0.15, 0.2) is 6.61 Å². The molecule has 5 rings (SSSR count). The predicted octanol–water partition coefficient (Wildman–Crippen LogP) is 1.41. The normalized spacial score (nSPS) is 23.0. The second-order valence-electron chi connectivity index (χ2n) is 13.3. The van der Waals surface area contributed by atoms with E-state index in [2.05, 4.69) is 14.8 Å². The molecule has 0 saturated carbocycles. The van der Waals surface area contributed by atoms with Crippen molar-refractivity contribution in [1.29, 1.82) is 0 Å². The van der Waals surface area contributed by atoms with Gasteiger partial charge in [0.25, 0.3) is 11.1 Å². The lowest BCUT2D eigenvalue weighted by atomic mass is 10.0. The molecule has 20 nitrogen and oxygen atoms in total. The third-order valence-electron chi connectivity index (χ3n) is 9.33. The van der Waals surface area contributed by atoms with E-state index in [9.17, 15) is 38.4 Å². The molecule has 7 atom stereocenters. The number of aromatic amines is 2. The quantitative estimate of drug-likeness (QED) is 0.0851. The number of phosphoric acid groups is 1. The number of ether oxygens (including phenoxy) is 4. The number of aryl methyl sites for hydroxylation is 4. The molecule has 3 N–H and O–H groups in total. The smallest absolute Gasteiger partial charge is 0.457 e. The fourth-order valence-electron chi connectivity index (χ4n) is 6.08. The molecule has 0 bridgehead atoms. The van der Waals surface area contributed by atoms with Gasteiger partial charge in [-0.2, -0.15) is 0 Å². The van der Waals surface area contributed by atoms with Gasteiger partial charge >= 0.3 is 31.1 Å². The van der Waals surface area contributed by atoms with Gasteiger partial charge in [-0.15, -0.1) is 0 Å². The van der Waals surface area contributed by atoms with E-state index in [1.807, 2.05) is 20.8 Å². The summed E-state index contributed by atoms with van der Waals surface area (Å²) < 4.78 is 55.8. The molecule has 0 amide bonds. The van der Waals surface area contributed by atoms with Crippen molar-refractivity contribution >= 4 is 19.8 Å². The van der Waals surface area contributed by atoms with Crippen LogP contribution in [0.4, 0.5) is 0 Å². The Kier molecular flexibility index (Phi) is 13.4. The molecule has 2 aliphatic heterocycles. The maximum absolute atomic E-state index is 14.1. The fourth-order valence-corrected chi connectivity index (χ4v) is 7.47. The first-order valence-electron chi connectivity index (χ1n) is 17.4. The Bertz CT molecular complexity index is 2270. The fraction of sp³-hybridized carbons (Fsp3) is 0.514. The van der Waals surface area contributed by atoms with Crippen molar-refractivity contribution in [3.05, 3.63) is 111 Å². The van der Waals surface area contributed by atoms with Crippen LogP contribution in [0.15, 0.2) is 43.7 Å². The largest absolute Gasteiger partial charge is 0.475 e. The lowest BCUT2D eigenvalue weighted by molar-refractivity contribution is -0.156. The van der Waals surface area contributed by atoms with Crippen LogP contribution in [-0.4, -0.2) is 93.5 Å². The van der Waals surface area contributed by atoms with Crippen molar-refractivity contribution < 1.29 is 51.8 Å². The van der Waals surface area contributed by atoms with Gasteiger partial charge in [-0.3, -0.25) is 42.3 Å². The number of rotatable bonds is 15. The lowest BCUT2D eigenvalue weighted by Crippen LogP contribution is -2.34. The van der Waals surface area contributed by atoms with Gasteiger partial charge in [0.2, 0.25) is 6.54 Å². The number of esters is 2. The molecule has 4 heterocycles. The number of hydrogen-bond acceptors (Lipinski definition) is 15. The summed E-state index contributed by atoms with van der Waals surface area (Å²) in [6.07, 6.45) is -4.81. The van der Waals surface area contributed by atoms with E-state index in [1.54, 1.807) is 12.1 Å². The molecule has 21 heteroatoms. The van der Waals surface area contributed by atoms with Gasteiger partial charge in [0.05, 0.1) is 18.8 Å². The number of hydrogen-bond donors (Lipinski definition) is 3. The van der Waals surface area contributed by atoms with E-state index in [0.29, 0.717) is 0 Å². The standard InChI is InChI=1S/C35H42N5O15P/c1-18-9-23(10-19(2)22(18)5)33(45)49-17-30(42)54-24-11-28(39-13-20(3)31(43)37-34(39)46)53-27(24)16-51-56(48,50-8-7-36-6)55-25-12-29(52-26(25)15-41)40-14-21(4)32(44)38-35(40)47/h9-10,13-14,24-29,41H,7-8,11-12,15-17H2,1-5H3,(H,37,43,46)(H,38,44,47). The molecule has 2 fully saturated rings. The van der Waals surface area contributed by atoms with Crippen molar-refractivity contribution in [3.8, 4) is 0 Å². The zero-order valence-corrected chi connectivity index (χ0v) is 32.1. The van der Waals surface area contributed by atoms with E-state index in [1.165, 1.54) is 26.2 Å². The molecule has 56 heavy (non-hydrogen) atoms. The Hall–Kier alpha value is -5.00. The minimum absolute atomic E-state index is 0.159. The van der Waals surface area contributed by atoms with Gasteiger partial charge in [-0.05, 0) is 63.4 Å². The number of nitrogens with one attached hydrogen (secondary N) is 2. The van der Waals surface area contributed by atoms with Crippen LogP contribution in [0, 0.1) is 41.2 Å². The first-order chi connectivity index (χ1) is 26.5. The Morgan fingerprint density at radius 3 is 1.98 bits per heavy atom. The van der Waals surface area contributed by atoms with Gasteiger partial charge in [-0.1, -0.05) is 0 Å². The lowest BCUT2D eigenvalue weighted by Gasteiger charge is -2.25. The average molecular weight is 804 g/mol. The predicted molar refractivity (Wildman–Crippen MR) is 193 cm³/mol. The summed E-state index contributed by atoms with van der Waals surface area (Å²) in [7, 11) is -4.68. The Morgan fingerprint density at radius 2 is 1.43 bits per heavy atom. The highest BCUT2D eigenvalue weighted by molar-refractivity contribution is 7.48. The summed E-state index contributed by atoms with van der Waals surface area (Å²) >= 11 is 0. The SMILES string of the molecule is [C-]#[N+]CCOP(=O)(OCC1OC(n2cc(C)c(=O)[nH]c2=O)CC1OC(=O)COC(=O)c1cc(C)c(C)c(C)c1)OC1CC(n2cc(C)c(=O)[nH]c2=O)OC1CO. The van der Waals surface area contributed by atoms with Gasteiger partial charge < -0.3 is 28.9 Å². The van der Waals surface area contributed by atoms with Crippen LogP contribution in [-0.2, 0) is 41.9 Å². The summed E-state index contributed by atoms with van der Waals surface area (Å²) in [5, 5.41) is 10.1. The monoisotopic (exact) mass is 803 g/mol. The van der Waals surface area contributed by atoms with Crippen molar-refractivity contribution in [2.45, 2.75) is 84.3 Å². The van der Waals surface area contributed by atoms with Crippen LogP contribution in [0.25, 0.3) is 4.85 Å². The van der Waals surface area contributed by atoms with Crippen LogP contribution in [0.1, 0.15) is 63.5 Å². The third-order valence-corrected chi connectivity index (χ3v) is 10.8. The van der Waals surface area contributed by atoms with E-state index < -0.39 is 106 Å². The molecule has 2 aromatic heterocycles. The summed E-state index contributed by atoms with van der Waals surface area (Å²) in [6.45, 7) is 12.9. The van der Waals surface area contributed by atoms with E-state index in [-0.39, 0.29) is 36.1 Å². The minimum atomic E-state index is -4.68. The zero-order chi connectivity index (χ0) is 40.9. The molecule has 0 radical (unpaired) electrons. The summed E-state index contributed by atoms with van der Waals surface area (Å²) in [5.74, 6) is -1.75. The molecular weight excluding hydrogens is 761 g/mol. The number of aromatic nitrogens is 4. The minimum Gasteiger partial charge on any atom is -0.457 e. The Labute approximate surface area is 318 Å². The topological polar surface area (TPSA) is 250 Å². The maximum Gasteiger partial charge on any atom is 0.475 e. The van der Waals surface area contributed by atoms with Crippen LogP contribution in [0.3, 0.4) is 0 Å². The van der Waals surface area contributed by atoms with Crippen molar-refractivity contribution in [3.63, 3.8) is 0 Å². The Morgan fingerprint density at radius 1 is 0.875 bits per heavy atom. The molecule has 302 valence electrons. The molecule has 0 aliphatic carbocycles. The van der Waals surface area contributed by atoms with Crippen LogP contribution >= 0.6 is 7.82 Å². The number of nitrogens with zero attached hydrogens (tertiary/aromatic N) is 3. The highest BCUT2D eigenvalue weighted by Gasteiger charge is 2.46. The molecule has 0 spiro atoms.